The Bertz CT molecular complexity index is 470. The van der Waals surface area contributed by atoms with Crippen molar-refractivity contribution in [3.63, 3.8) is 0 Å². The predicted molar refractivity (Wildman–Crippen MR) is 86.7 cm³/mol. The van der Waals surface area contributed by atoms with Crippen LogP contribution in [0.1, 0.15) is 44.9 Å². The topological polar surface area (TPSA) is 30.5 Å². The summed E-state index contributed by atoms with van der Waals surface area (Å²) in [5, 5.41) is 4.41. The van der Waals surface area contributed by atoms with Gasteiger partial charge in [0.1, 0.15) is 0 Å². The molecule has 0 amide bonds. The highest BCUT2D eigenvalue weighted by Gasteiger charge is 2.38. The highest BCUT2D eigenvalue weighted by atomic mass is 35.5. The van der Waals surface area contributed by atoms with E-state index in [0.29, 0.717) is 19.8 Å². The summed E-state index contributed by atoms with van der Waals surface area (Å²) >= 11 is 6.17. The molecule has 0 saturated carbocycles. The van der Waals surface area contributed by atoms with Crippen LogP contribution in [-0.2, 0) is 15.9 Å². The number of hydrogen-bond acceptors (Lipinski definition) is 3. The highest BCUT2D eigenvalue weighted by Crippen LogP contribution is 2.45. The van der Waals surface area contributed by atoms with Crippen molar-refractivity contribution in [2.24, 2.45) is 5.41 Å². The number of ether oxygens (including phenoxy) is 2. The summed E-state index contributed by atoms with van der Waals surface area (Å²) in [4.78, 5) is 0. The van der Waals surface area contributed by atoms with Gasteiger partial charge in [-0.25, -0.2) is 0 Å². The fraction of sp³-hybridized carbons (Fsp3) is 0.647. The molecule has 1 N–H and O–H groups in total. The molecule has 21 heavy (non-hydrogen) atoms. The molecule has 2 rings (SSSR count). The summed E-state index contributed by atoms with van der Waals surface area (Å²) in [6, 6.07) is 6.47. The maximum Gasteiger partial charge on any atom is 0.169 e. The van der Waals surface area contributed by atoms with Crippen molar-refractivity contribution in [1.29, 1.82) is 0 Å². The monoisotopic (exact) mass is 311 g/mol. The van der Waals surface area contributed by atoms with Crippen LogP contribution in [0.3, 0.4) is 0 Å². The van der Waals surface area contributed by atoms with Crippen molar-refractivity contribution in [3.05, 3.63) is 34.3 Å². The van der Waals surface area contributed by atoms with Crippen LogP contribution in [0.5, 0.6) is 0 Å². The Morgan fingerprint density at radius 1 is 1.29 bits per heavy atom. The molecule has 4 heteroatoms. The predicted octanol–water partition coefficient (Wildman–Crippen LogP) is 3.95. The first-order chi connectivity index (χ1) is 9.97. The lowest BCUT2D eigenvalue weighted by Crippen LogP contribution is -2.38. The van der Waals surface area contributed by atoms with E-state index in [1.165, 1.54) is 11.1 Å². The third-order valence-electron chi connectivity index (χ3n) is 4.04. The molecule has 0 fully saturated rings. The van der Waals surface area contributed by atoms with Gasteiger partial charge in [0.2, 0.25) is 0 Å². The molecule has 1 atom stereocenters. The number of hydrogen-bond donors (Lipinski definition) is 1. The van der Waals surface area contributed by atoms with Crippen LogP contribution in [0.25, 0.3) is 0 Å². The summed E-state index contributed by atoms with van der Waals surface area (Å²) in [5.74, 6) is 0. The third-order valence-corrected chi connectivity index (χ3v) is 4.28. The van der Waals surface area contributed by atoms with Gasteiger partial charge in [-0.2, -0.15) is 0 Å². The molecule has 0 aliphatic heterocycles. The SMILES string of the molecule is CCOC(CNC1c2cc(Cl)ccc2CC1(C)C)OCC. The molecule has 1 aliphatic carbocycles. The van der Waals surface area contributed by atoms with Crippen molar-refractivity contribution >= 4 is 11.6 Å². The minimum absolute atomic E-state index is 0.163. The Morgan fingerprint density at radius 3 is 2.57 bits per heavy atom. The van der Waals surface area contributed by atoms with Crippen LogP contribution in [0.2, 0.25) is 5.02 Å². The Hall–Kier alpha value is -0.610. The van der Waals surface area contributed by atoms with Crippen LogP contribution in [-0.4, -0.2) is 26.0 Å². The second-order valence-electron chi connectivity index (χ2n) is 6.19. The molecule has 1 aromatic rings. The molecule has 0 spiro atoms. The second kappa shape index (κ2) is 7.10. The summed E-state index contributed by atoms with van der Waals surface area (Å²) in [7, 11) is 0. The maximum atomic E-state index is 6.17. The zero-order chi connectivity index (χ0) is 15.5. The van der Waals surface area contributed by atoms with Gasteiger partial charge >= 0.3 is 0 Å². The number of fused-ring (bicyclic) bond motifs is 1. The first-order valence-corrected chi connectivity index (χ1v) is 8.10. The van der Waals surface area contributed by atoms with Gasteiger partial charge in [-0.1, -0.05) is 31.5 Å². The summed E-state index contributed by atoms with van der Waals surface area (Å²) in [6.45, 7) is 10.5. The number of halogens is 1. The maximum absolute atomic E-state index is 6.17. The van der Waals surface area contributed by atoms with Gasteiger partial charge in [0.15, 0.2) is 6.29 Å². The summed E-state index contributed by atoms with van der Waals surface area (Å²) in [5.41, 5.74) is 2.85. The zero-order valence-electron chi connectivity index (χ0n) is 13.4. The van der Waals surface area contributed by atoms with Gasteiger partial charge in [-0.05, 0) is 48.9 Å². The normalized spacial score (nSPS) is 20.0. The van der Waals surface area contributed by atoms with Crippen LogP contribution in [0.15, 0.2) is 18.2 Å². The van der Waals surface area contributed by atoms with Gasteiger partial charge in [-0.15, -0.1) is 0 Å². The van der Waals surface area contributed by atoms with Crippen molar-refractivity contribution in [1.82, 2.24) is 5.32 Å². The minimum Gasteiger partial charge on any atom is -0.352 e. The van der Waals surface area contributed by atoms with Gasteiger partial charge in [0.25, 0.3) is 0 Å². The number of rotatable bonds is 7. The third kappa shape index (κ3) is 3.98. The number of benzene rings is 1. The Labute approximate surface area is 133 Å². The first-order valence-electron chi connectivity index (χ1n) is 7.72. The molecule has 1 aromatic carbocycles. The standard InChI is InChI=1S/C17H26ClNO2/c1-5-20-15(21-6-2)11-19-16-14-9-13(18)8-7-12(14)10-17(16,3)4/h7-9,15-16,19H,5-6,10-11H2,1-4H3. The van der Waals surface area contributed by atoms with Crippen LogP contribution >= 0.6 is 11.6 Å². The zero-order valence-corrected chi connectivity index (χ0v) is 14.2. The first kappa shape index (κ1) is 16.8. The Morgan fingerprint density at radius 2 is 1.95 bits per heavy atom. The lowest BCUT2D eigenvalue weighted by atomic mass is 9.85. The van der Waals surface area contributed by atoms with Gasteiger partial charge in [0, 0.05) is 30.8 Å². The van der Waals surface area contributed by atoms with Crippen LogP contribution in [0, 0.1) is 5.41 Å². The Kier molecular flexibility index (Phi) is 5.67. The van der Waals surface area contributed by atoms with Gasteiger partial charge in [0.05, 0.1) is 0 Å². The van der Waals surface area contributed by atoms with E-state index in [2.05, 4.69) is 31.3 Å². The highest BCUT2D eigenvalue weighted by molar-refractivity contribution is 6.30. The molecule has 3 nitrogen and oxygen atoms in total. The van der Waals surface area contributed by atoms with E-state index in [1.807, 2.05) is 19.9 Å². The van der Waals surface area contributed by atoms with Crippen molar-refractivity contribution in [2.75, 3.05) is 19.8 Å². The Balaban J connectivity index is 2.09. The van der Waals surface area contributed by atoms with Crippen molar-refractivity contribution < 1.29 is 9.47 Å². The fourth-order valence-electron chi connectivity index (χ4n) is 3.15. The van der Waals surface area contributed by atoms with Crippen molar-refractivity contribution in [3.8, 4) is 0 Å². The average molecular weight is 312 g/mol. The molecule has 0 radical (unpaired) electrons. The van der Waals surface area contributed by atoms with E-state index in [1.54, 1.807) is 0 Å². The van der Waals surface area contributed by atoms with Gasteiger partial charge in [-0.3, -0.25) is 0 Å². The molecule has 118 valence electrons. The smallest absolute Gasteiger partial charge is 0.169 e. The van der Waals surface area contributed by atoms with E-state index >= 15 is 0 Å². The lowest BCUT2D eigenvalue weighted by molar-refractivity contribution is -0.134. The molecule has 1 aliphatic rings. The number of nitrogens with one attached hydrogen (secondary N) is 1. The van der Waals surface area contributed by atoms with E-state index < -0.39 is 0 Å². The lowest BCUT2D eigenvalue weighted by Gasteiger charge is -2.30. The van der Waals surface area contributed by atoms with E-state index in [0.717, 1.165) is 11.4 Å². The molecule has 0 bridgehead atoms. The quantitative estimate of drug-likeness (QED) is 0.773. The van der Waals surface area contributed by atoms with Crippen molar-refractivity contribution in [2.45, 2.75) is 46.4 Å². The van der Waals surface area contributed by atoms with E-state index in [-0.39, 0.29) is 17.7 Å². The van der Waals surface area contributed by atoms with E-state index in [9.17, 15) is 0 Å². The largest absolute Gasteiger partial charge is 0.352 e. The molecule has 0 heterocycles. The van der Waals surface area contributed by atoms with Crippen LogP contribution in [0.4, 0.5) is 0 Å². The van der Waals surface area contributed by atoms with E-state index in [4.69, 9.17) is 21.1 Å². The molecule has 0 aromatic heterocycles. The molecular weight excluding hydrogens is 286 g/mol. The molecular formula is C17H26ClNO2. The molecule has 1 unspecified atom stereocenters. The average Bonchev–Trinajstić information content (AvgIpc) is 2.66. The fourth-order valence-corrected chi connectivity index (χ4v) is 3.33. The summed E-state index contributed by atoms with van der Waals surface area (Å²) < 4.78 is 11.2. The summed E-state index contributed by atoms with van der Waals surface area (Å²) in [6.07, 6.45) is 0.865. The second-order valence-corrected chi connectivity index (χ2v) is 6.63. The van der Waals surface area contributed by atoms with Crippen LogP contribution < -0.4 is 5.32 Å². The van der Waals surface area contributed by atoms with Gasteiger partial charge < -0.3 is 14.8 Å². The minimum atomic E-state index is -0.195. The molecule has 0 saturated heterocycles.